The monoisotopic (exact) mass is 344 g/mol. The first kappa shape index (κ1) is 17.0. The predicted molar refractivity (Wildman–Crippen MR) is 88.5 cm³/mol. The number of carbonyl (C=O) groups is 3. The summed E-state index contributed by atoms with van der Waals surface area (Å²) in [5, 5.41) is 2.71. The highest BCUT2D eigenvalue weighted by Crippen LogP contribution is 2.23. The maximum Gasteiger partial charge on any atom is 0.416 e. The van der Waals surface area contributed by atoms with Crippen molar-refractivity contribution in [3.63, 3.8) is 0 Å². The number of cyclic esters (lactones) is 1. The van der Waals surface area contributed by atoms with Crippen LogP contribution in [0.4, 0.5) is 9.59 Å². The SMILES string of the molecule is O=C(NC1C=CCCC1C(=O)N1CCOC1=O)OCc1ccccc1. The molecule has 0 saturated carbocycles. The molecule has 3 rings (SSSR count). The Kier molecular flexibility index (Phi) is 5.33. The molecule has 0 aromatic heterocycles. The highest BCUT2D eigenvalue weighted by atomic mass is 16.6. The van der Waals surface area contributed by atoms with E-state index in [1.54, 1.807) is 6.08 Å². The molecule has 1 aliphatic carbocycles. The van der Waals surface area contributed by atoms with Crippen molar-refractivity contribution in [1.82, 2.24) is 10.2 Å². The molecule has 25 heavy (non-hydrogen) atoms. The average molecular weight is 344 g/mol. The number of hydrogen-bond acceptors (Lipinski definition) is 5. The van der Waals surface area contributed by atoms with Crippen molar-refractivity contribution in [3.05, 3.63) is 48.0 Å². The Morgan fingerprint density at radius 1 is 1.28 bits per heavy atom. The summed E-state index contributed by atoms with van der Waals surface area (Å²) in [4.78, 5) is 37.3. The number of benzene rings is 1. The Hall–Kier alpha value is -2.83. The van der Waals surface area contributed by atoms with Gasteiger partial charge >= 0.3 is 12.2 Å². The van der Waals surface area contributed by atoms with Crippen molar-refractivity contribution in [2.45, 2.75) is 25.5 Å². The van der Waals surface area contributed by atoms with E-state index >= 15 is 0 Å². The summed E-state index contributed by atoms with van der Waals surface area (Å²) in [5.74, 6) is -0.819. The van der Waals surface area contributed by atoms with Crippen molar-refractivity contribution in [3.8, 4) is 0 Å². The Bertz CT molecular complexity index is 673. The van der Waals surface area contributed by atoms with E-state index in [0.717, 1.165) is 16.9 Å². The highest BCUT2D eigenvalue weighted by Gasteiger charge is 2.38. The van der Waals surface area contributed by atoms with Gasteiger partial charge in [-0.3, -0.25) is 4.79 Å². The van der Waals surface area contributed by atoms with E-state index in [1.807, 2.05) is 36.4 Å². The van der Waals surface area contributed by atoms with Gasteiger partial charge in [-0.1, -0.05) is 42.5 Å². The molecule has 1 saturated heterocycles. The fourth-order valence-electron chi connectivity index (χ4n) is 2.95. The summed E-state index contributed by atoms with van der Waals surface area (Å²) in [6, 6.07) is 8.83. The summed E-state index contributed by atoms with van der Waals surface area (Å²) in [6.45, 7) is 0.619. The van der Waals surface area contributed by atoms with Crippen LogP contribution in [0.3, 0.4) is 0 Å². The molecule has 1 fully saturated rings. The zero-order valence-corrected chi connectivity index (χ0v) is 13.7. The van der Waals surface area contributed by atoms with Crippen LogP contribution in [0.2, 0.25) is 0 Å². The Labute approximate surface area is 145 Å². The number of alkyl carbamates (subject to hydrolysis) is 1. The van der Waals surface area contributed by atoms with E-state index in [9.17, 15) is 14.4 Å². The number of ether oxygens (including phenoxy) is 2. The summed E-state index contributed by atoms with van der Waals surface area (Å²) in [6.07, 6.45) is 3.75. The lowest BCUT2D eigenvalue weighted by molar-refractivity contribution is -0.132. The van der Waals surface area contributed by atoms with Crippen LogP contribution in [0.25, 0.3) is 0 Å². The fourth-order valence-corrected chi connectivity index (χ4v) is 2.95. The van der Waals surface area contributed by atoms with Crippen LogP contribution in [-0.4, -0.2) is 42.2 Å². The molecule has 2 unspecified atom stereocenters. The topological polar surface area (TPSA) is 84.9 Å². The van der Waals surface area contributed by atoms with Gasteiger partial charge in [-0.2, -0.15) is 0 Å². The van der Waals surface area contributed by atoms with Crippen molar-refractivity contribution in [2.24, 2.45) is 5.92 Å². The Morgan fingerprint density at radius 2 is 2.08 bits per heavy atom. The first-order valence-electron chi connectivity index (χ1n) is 8.27. The van der Waals surface area contributed by atoms with Crippen molar-refractivity contribution < 1.29 is 23.9 Å². The summed E-state index contributed by atoms with van der Waals surface area (Å²) in [7, 11) is 0. The van der Waals surface area contributed by atoms with Gasteiger partial charge < -0.3 is 14.8 Å². The minimum absolute atomic E-state index is 0.153. The molecule has 1 aliphatic heterocycles. The van der Waals surface area contributed by atoms with Gasteiger partial charge in [0.1, 0.15) is 13.2 Å². The lowest BCUT2D eigenvalue weighted by atomic mass is 9.88. The number of carbonyl (C=O) groups excluding carboxylic acids is 3. The average Bonchev–Trinajstić information content (AvgIpc) is 3.07. The van der Waals surface area contributed by atoms with E-state index in [2.05, 4.69) is 5.32 Å². The molecule has 7 heteroatoms. The molecule has 3 amide bonds. The highest BCUT2D eigenvalue weighted by molar-refractivity contribution is 5.95. The minimum atomic E-state index is -0.620. The molecule has 0 bridgehead atoms. The minimum Gasteiger partial charge on any atom is -0.447 e. The zero-order chi connectivity index (χ0) is 17.6. The van der Waals surface area contributed by atoms with Crippen LogP contribution in [0.15, 0.2) is 42.5 Å². The number of nitrogens with one attached hydrogen (secondary N) is 1. The first-order chi connectivity index (χ1) is 12.1. The van der Waals surface area contributed by atoms with Gasteiger partial charge in [-0.25, -0.2) is 14.5 Å². The second kappa shape index (κ2) is 7.83. The van der Waals surface area contributed by atoms with Gasteiger partial charge in [-0.15, -0.1) is 0 Å². The molecule has 1 aromatic carbocycles. The van der Waals surface area contributed by atoms with E-state index in [4.69, 9.17) is 9.47 Å². The van der Waals surface area contributed by atoms with Crippen molar-refractivity contribution in [1.29, 1.82) is 0 Å². The van der Waals surface area contributed by atoms with Gasteiger partial charge in [0.25, 0.3) is 0 Å². The summed E-state index contributed by atoms with van der Waals surface area (Å²) in [5.41, 5.74) is 0.879. The molecule has 2 atom stereocenters. The largest absolute Gasteiger partial charge is 0.447 e. The number of nitrogens with zero attached hydrogens (tertiary/aromatic N) is 1. The second-order valence-electron chi connectivity index (χ2n) is 5.95. The molecule has 0 radical (unpaired) electrons. The molecule has 1 N–H and O–H groups in total. The van der Waals surface area contributed by atoms with Gasteiger partial charge in [0.2, 0.25) is 5.91 Å². The van der Waals surface area contributed by atoms with Crippen LogP contribution >= 0.6 is 0 Å². The molecular formula is C18H20N2O5. The molecule has 1 heterocycles. The van der Waals surface area contributed by atoms with E-state index in [1.165, 1.54) is 0 Å². The molecule has 0 spiro atoms. The van der Waals surface area contributed by atoms with Crippen molar-refractivity contribution >= 4 is 18.1 Å². The van der Waals surface area contributed by atoms with Crippen LogP contribution in [-0.2, 0) is 20.9 Å². The quantitative estimate of drug-likeness (QED) is 0.847. The van der Waals surface area contributed by atoms with Gasteiger partial charge in [0.05, 0.1) is 18.5 Å². The maximum absolute atomic E-state index is 12.6. The van der Waals surface area contributed by atoms with E-state index < -0.39 is 24.1 Å². The molecule has 1 aromatic rings. The van der Waals surface area contributed by atoms with Crippen LogP contribution in [0, 0.1) is 5.92 Å². The van der Waals surface area contributed by atoms with Gasteiger partial charge in [-0.05, 0) is 18.4 Å². The fraction of sp³-hybridized carbons (Fsp3) is 0.389. The van der Waals surface area contributed by atoms with Crippen molar-refractivity contribution in [2.75, 3.05) is 13.2 Å². The standard InChI is InChI=1S/C18H20N2O5/c21-16(20-10-11-24-18(20)23)14-8-4-5-9-15(14)19-17(22)25-12-13-6-2-1-3-7-13/h1-3,5-7,9,14-15H,4,8,10-12H2,(H,19,22). The lowest BCUT2D eigenvalue weighted by Crippen LogP contribution is -2.48. The second-order valence-corrected chi connectivity index (χ2v) is 5.95. The lowest BCUT2D eigenvalue weighted by Gasteiger charge is -2.29. The maximum atomic E-state index is 12.6. The number of rotatable bonds is 4. The number of imide groups is 1. The number of allylic oxidation sites excluding steroid dienone is 1. The van der Waals surface area contributed by atoms with Crippen LogP contribution in [0.5, 0.6) is 0 Å². The Morgan fingerprint density at radius 3 is 2.80 bits per heavy atom. The molecule has 2 aliphatic rings. The first-order valence-corrected chi connectivity index (χ1v) is 8.27. The number of hydrogen-bond donors (Lipinski definition) is 1. The van der Waals surface area contributed by atoms with Gasteiger partial charge in [0.15, 0.2) is 0 Å². The zero-order valence-electron chi connectivity index (χ0n) is 13.7. The third-order valence-corrected chi connectivity index (χ3v) is 4.26. The van der Waals surface area contributed by atoms with Crippen LogP contribution in [0.1, 0.15) is 18.4 Å². The Balaban J connectivity index is 1.58. The molecule has 132 valence electrons. The summed E-state index contributed by atoms with van der Waals surface area (Å²) < 4.78 is 10.0. The summed E-state index contributed by atoms with van der Waals surface area (Å²) >= 11 is 0. The third kappa shape index (κ3) is 4.17. The normalized spacial score (nSPS) is 22.4. The predicted octanol–water partition coefficient (Wildman–Crippen LogP) is 2.23. The van der Waals surface area contributed by atoms with Gasteiger partial charge in [0, 0.05) is 0 Å². The van der Waals surface area contributed by atoms with Crippen LogP contribution < -0.4 is 5.32 Å². The molecule has 7 nitrogen and oxygen atoms in total. The van der Waals surface area contributed by atoms with E-state index in [-0.39, 0.29) is 25.7 Å². The van der Waals surface area contributed by atoms with E-state index in [0.29, 0.717) is 6.42 Å². The smallest absolute Gasteiger partial charge is 0.416 e. The third-order valence-electron chi connectivity index (χ3n) is 4.26. The molecular weight excluding hydrogens is 324 g/mol. The number of amides is 3.